The molecule has 1 aliphatic heterocycles. The first-order chi connectivity index (χ1) is 15.1. The Hall–Kier alpha value is -2.45. The van der Waals surface area contributed by atoms with E-state index in [0.29, 0.717) is 17.3 Å². The number of carbonyl (C=O) groups is 3. The van der Waals surface area contributed by atoms with Crippen molar-refractivity contribution in [3.8, 4) is 11.3 Å². The number of carbonyl (C=O) groups excluding carboxylic acids is 3. The number of hydrogen-bond acceptors (Lipinski definition) is 6. The molecule has 1 aromatic carbocycles. The largest absolute Gasteiger partial charge is 0.300 e. The van der Waals surface area contributed by atoms with Crippen LogP contribution < -0.4 is 5.32 Å². The van der Waals surface area contributed by atoms with Crippen molar-refractivity contribution in [2.24, 2.45) is 23.7 Å². The fourth-order valence-corrected chi connectivity index (χ4v) is 6.28. The predicted octanol–water partition coefficient (Wildman–Crippen LogP) is 3.68. The lowest BCUT2D eigenvalue weighted by Crippen LogP contribution is -2.48. The van der Waals surface area contributed by atoms with Gasteiger partial charge in [0.05, 0.1) is 17.5 Å². The highest BCUT2D eigenvalue weighted by atomic mass is 32.2. The van der Waals surface area contributed by atoms with Crippen LogP contribution in [0.2, 0.25) is 0 Å². The maximum Gasteiger partial charge on any atom is 0.249 e. The van der Waals surface area contributed by atoms with Crippen molar-refractivity contribution in [3.63, 3.8) is 0 Å². The molecule has 0 spiro atoms. The van der Waals surface area contributed by atoms with Gasteiger partial charge in [0, 0.05) is 10.9 Å². The second-order valence-corrected chi connectivity index (χ2v) is 10.1. The first-order valence-corrected chi connectivity index (χ1v) is 12.7. The number of hydrogen-bond donors (Lipinski definition) is 1. The lowest BCUT2D eigenvalue weighted by Gasteiger charge is -2.26. The van der Waals surface area contributed by atoms with Crippen LogP contribution in [0.15, 0.2) is 47.9 Å². The van der Waals surface area contributed by atoms with E-state index >= 15 is 0 Å². The topological polar surface area (TPSA) is 79.4 Å². The van der Waals surface area contributed by atoms with Crippen LogP contribution >= 0.6 is 23.1 Å². The van der Waals surface area contributed by atoms with Gasteiger partial charge in [0.2, 0.25) is 17.7 Å². The monoisotopic (exact) mass is 453 g/mol. The standard InChI is InChI=1S/C23H23N3O3S2/c1-30-10-9-17(26-21(28)18-14-7-8-15(11-14)19(18)22(26)29)20(27)25-23-24-16(12-31-23)13-5-3-2-4-6-13/h2-8,12,14-15,17-19H,9-11H2,1H3,(H,24,25,27). The summed E-state index contributed by atoms with van der Waals surface area (Å²) in [5, 5.41) is 5.22. The van der Waals surface area contributed by atoms with Gasteiger partial charge in [0.15, 0.2) is 5.13 Å². The molecule has 8 heteroatoms. The second-order valence-electron chi connectivity index (χ2n) is 8.24. The number of likely N-dealkylation sites (tertiary alicyclic amines) is 1. The third-order valence-electron chi connectivity index (χ3n) is 6.52. The summed E-state index contributed by atoms with van der Waals surface area (Å²) in [6, 6.07) is 8.94. The highest BCUT2D eigenvalue weighted by molar-refractivity contribution is 7.98. The minimum absolute atomic E-state index is 0.133. The van der Waals surface area contributed by atoms with Gasteiger partial charge in [-0.05, 0) is 36.7 Å². The smallest absolute Gasteiger partial charge is 0.249 e. The van der Waals surface area contributed by atoms with Crippen molar-refractivity contribution in [1.29, 1.82) is 0 Å². The van der Waals surface area contributed by atoms with Gasteiger partial charge in [-0.1, -0.05) is 42.5 Å². The zero-order valence-corrected chi connectivity index (χ0v) is 18.7. The molecule has 3 amide bonds. The number of rotatable bonds is 7. The predicted molar refractivity (Wildman–Crippen MR) is 123 cm³/mol. The quantitative estimate of drug-likeness (QED) is 0.511. The molecule has 5 unspecified atom stereocenters. The van der Waals surface area contributed by atoms with E-state index in [1.54, 1.807) is 11.8 Å². The van der Waals surface area contributed by atoms with Crippen LogP contribution in [0, 0.1) is 23.7 Å². The van der Waals surface area contributed by atoms with E-state index in [2.05, 4.69) is 22.5 Å². The van der Waals surface area contributed by atoms with Crippen LogP contribution in [-0.2, 0) is 14.4 Å². The Morgan fingerprint density at radius 3 is 2.52 bits per heavy atom. The zero-order chi connectivity index (χ0) is 21.5. The number of amides is 3. The van der Waals surface area contributed by atoms with E-state index < -0.39 is 6.04 Å². The first kappa shape index (κ1) is 20.5. The average molecular weight is 454 g/mol. The van der Waals surface area contributed by atoms with Gasteiger partial charge in [0.1, 0.15) is 6.04 Å². The van der Waals surface area contributed by atoms with Gasteiger partial charge >= 0.3 is 0 Å². The number of nitrogens with one attached hydrogen (secondary N) is 1. The number of benzene rings is 1. The van der Waals surface area contributed by atoms with Gasteiger partial charge in [-0.15, -0.1) is 11.3 Å². The summed E-state index contributed by atoms with van der Waals surface area (Å²) in [5.41, 5.74) is 1.76. The molecule has 31 heavy (non-hydrogen) atoms. The van der Waals surface area contributed by atoms with Crippen LogP contribution in [0.5, 0.6) is 0 Å². The second kappa shape index (κ2) is 8.24. The van der Waals surface area contributed by atoms with Gasteiger partial charge in [-0.25, -0.2) is 4.98 Å². The van der Waals surface area contributed by atoms with Crippen molar-refractivity contribution in [3.05, 3.63) is 47.9 Å². The number of aromatic nitrogens is 1. The number of thioether (sulfide) groups is 1. The van der Waals surface area contributed by atoms with E-state index in [1.807, 2.05) is 42.0 Å². The Bertz CT molecular complexity index is 1020. The number of fused-ring (bicyclic) bond motifs is 5. The summed E-state index contributed by atoms with van der Waals surface area (Å²) in [5.74, 6) is -0.350. The molecule has 5 rings (SSSR count). The highest BCUT2D eigenvalue weighted by Crippen LogP contribution is 2.53. The molecular formula is C23H23N3O3S2. The average Bonchev–Trinajstić information content (AvgIpc) is 3.55. The molecule has 2 aliphatic carbocycles. The van der Waals surface area contributed by atoms with Crippen LogP contribution in [0.3, 0.4) is 0 Å². The number of imide groups is 1. The Labute approximate surface area is 189 Å². The van der Waals surface area contributed by atoms with Gasteiger partial charge < -0.3 is 5.32 Å². The van der Waals surface area contributed by atoms with E-state index in [4.69, 9.17) is 0 Å². The Kier molecular flexibility index (Phi) is 5.44. The van der Waals surface area contributed by atoms with E-state index in [1.165, 1.54) is 16.2 Å². The maximum absolute atomic E-state index is 13.2. The van der Waals surface area contributed by atoms with Crippen molar-refractivity contribution < 1.29 is 14.4 Å². The lowest BCUT2D eigenvalue weighted by molar-refractivity contribution is -0.147. The molecule has 2 bridgehead atoms. The summed E-state index contributed by atoms with van der Waals surface area (Å²) >= 11 is 2.94. The summed E-state index contributed by atoms with van der Waals surface area (Å²) in [6.07, 6.45) is 7.40. The highest BCUT2D eigenvalue weighted by Gasteiger charge is 2.61. The van der Waals surface area contributed by atoms with Crippen molar-refractivity contribution in [2.75, 3.05) is 17.3 Å². The molecule has 0 radical (unpaired) electrons. The summed E-state index contributed by atoms with van der Waals surface area (Å²) in [6.45, 7) is 0. The number of allylic oxidation sites excluding steroid dienone is 2. The molecular weight excluding hydrogens is 430 g/mol. The molecule has 2 heterocycles. The van der Waals surface area contributed by atoms with Crippen LogP contribution in [-0.4, -0.2) is 45.7 Å². The SMILES string of the molecule is CSCCC(C(=O)Nc1nc(-c2ccccc2)cs1)N1C(=O)C2C3C=CC(C3)C2C1=O. The Morgan fingerprint density at radius 2 is 1.87 bits per heavy atom. The summed E-state index contributed by atoms with van der Waals surface area (Å²) in [7, 11) is 0. The fraction of sp³-hybridized carbons (Fsp3) is 0.391. The number of anilines is 1. The number of thiazole rings is 1. The van der Waals surface area contributed by atoms with Crippen LogP contribution in [0.4, 0.5) is 5.13 Å². The minimum Gasteiger partial charge on any atom is -0.300 e. The normalized spacial score (nSPS) is 27.1. The molecule has 2 aromatic rings. The summed E-state index contributed by atoms with van der Waals surface area (Å²) < 4.78 is 0. The molecule has 6 nitrogen and oxygen atoms in total. The summed E-state index contributed by atoms with van der Waals surface area (Å²) in [4.78, 5) is 45.4. The van der Waals surface area contributed by atoms with Crippen LogP contribution in [0.1, 0.15) is 12.8 Å². The van der Waals surface area contributed by atoms with E-state index in [-0.39, 0.29) is 41.4 Å². The molecule has 1 saturated heterocycles. The first-order valence-electron chi connectivity index (χ1n) is 10.4. The molecule has 160 valence electrons. The lowest BCUT2D eigenvalue weighted by atomic mass is 9.85. The molecule has 3 aliphatic rings. The van der Waals surface area contributed by atoms with Gasteiger partial charge in [0.25, 0.3) is 0 Å². The van der Waals surface area contributed by atoms with Crippen molar-refractivity contribution >= 4 is 46.0 Å². The fourth-order valence-electron chi connectivity index (χ4n) is 5.10. The van der Waals surface area contributed by atoms with E-state index in [0.717, 1.165) is 17.7 Å². The van der Waals surface area contributed by atoms with Gasteiger partial charge in [-0.3, -0.25) is 19.3 Å². The third kappa shape index (κ3) is 3.51. The van der Waals surface area contributed by atoms with E-state index in [9.17, 15) is 14.4 Å². The maximum atomic E-state index is 13.2. The molecule has 2 fully saturated rings. The van der Waals surface area contributed by atoms with Crippen LogP contribution in [0.25, 0.3) is 11.3 Å². The minimum atomic E-state index is -0.804. The third-order valence-corrected chi connectivity index (χ3v) is 7.92. The van der Waals surface area contributed by atoms with Gasteiger partial charge in [-0.2, -0.15) is 11.8 Å². The molecule has 1 saturated carbocycles. The van der Waals surface area contributed by atoms with Crippen molar-refractivity contribution in [1.82, 2.24) is 9.88 Å². The Balaban J connectivity index is 1.36. The molecule has 5 atom stereocenters. The number of nitrogens with zero attached hydrogens (tertiary/aromatic N) is 2. The Morgan fingerprint density at radius 1 is 1.19 bits per heavy atom. The van der Waals surface area contributed by atoms with Crippen molar-refractivity contribution in [2.45, 2.75) is 18.9 Å². The molecule has 1 aromatic heterocycles. The zero-order valence-electron chi connectivity index (χ0n) is 17.1. The molecule has 1 N–H and O–H groups in total.